The third kappa shape index (κ3) is 4.62. The summed E-state index contributed by atoms with van der Waals surface area (Å²) in [4.78, 5) is 4.45. The van der Waals surface area contributed by atoms with E-state index in [4.69, 9.17) is 0 Å². The number of nitrogens with one attached hydrogen (secondary N) is 2. The monoisotopic (exact) mass is 394 g/mol. The highest BCUT2D eigenvalue weighted by Gasteiger charge is 2.35. The van der Waals surface area contributed by atoms with Crippen molar-refractivity contribution in [2.75, 3.05) is 20.1 Å². The summed E-state index contributed by atoms with van der Waals surface area (Å²) in [5, 5.41) is 15.9. The van der Waals surface area contributed by atoms with Gasteiger partial charge < -0.3 is 15.2 Å². The molecule has 0 amide bonds. The minimum absolute atomic E-state index is 0.225. The summed E-state index contributed by atoms with van der Waals surface area (Å²) in [6, 6.07) is 11.0. The number of aromatic nitrogens is 3. The highest BCUT2D eigenvalue weighted by molar-refractivity contribution is 5.79. The van der Waals surface area contributed by atoms with E-state index in [1.54, 1.807) is 0 Å². The summed E-state index contributed by atoms with van der Waals surface area (Å²) in [6.07, 6.45) is 10.8. The molecule has 2 aliphatic rings. The zero-order chi connectivity index (χ0) is 19.9. The van der Waals surface area contributed by atoms with Gasteiger partial charge in [0.15, 0.2) is 5.96 Å². The first-order chi connectivity index (χ1) is 14.3. The zero-order valence-corrected chi connectivity index (χ0v) is 17.7. The second-order valence-electron chi connectivity index (χ2n) is 8.45. The molecule has 0 radical (unpaired) electrons. The van der Waals surface area contributed by atoms with Crippen LogP contribution >= 0.6 is 0 Å². The molecule has 1 aromatic heterocycles. The van der Waals surface area contributed by atoms with Crippen LogP contribution in [0.3, 0.4) is 0 Å². The molecule has 4 rings (SSSR count). The summed E-state index contributed by atoms with van der Waals surface area (Å²) < 4.78 is 2.33. The van der Waals surface area contributed by atoms with Crippen molar-refractivity contribution in [3.8, 4) is 0 Å². The number of hydrogen-bond acceptors (Lipinski definition) is 3. The van der Waals surface area contributed by atoms with Gasteiger partial charge in [0.25, 0.3) is 0 Å². The highest BCUT2D eigenvalue weighted by Crippen LogP contribution is 2.40. The van der Waals surface area contributed by atoms with Crippen molar-refractivity contribution in [3.63, 3.8) is 0 Å². The van der Waals surface area contributed by atoms with Crippen LogP contribution in [-0.4, -0.2) is 40.9 Å². The Morgan fingerprint density at radius 2 is 1.86 bits per heavy atom. The van der Waals surface area contributed by atoms with Crippen molar-refractivity contribution in [2.24, 2.45) is 4.99 Å². The molecular formula is C23H34N6. The fourth-order valence-corrected chi connectivity index (χ4v) is 4.91. The van der Waals surface area contributed by atoms with E-state index in [0.29, 0.717) is 0 Å². The summed E-state index contributed by atoms with van der Waals surface area (Å²) >= 11 is 0. The second kappa shape index (κ2) is 9.42. The molecule has 1 aliphatic carbocycles. The van der Waals surface area contributed by atoms with Gasteiger partial charge in [-0.15, -0.1) is 10.2 Å². The molecule has 0 atom stereocenters. The molecule has 29 heavy (non-hydrogen) atoms. The van der Waals surface area contributed by atoms with E-state index in [-0.39, 0.29) is 5.41 Å². The quantitative estimate of drug-likeness (QED) is 0.583. The van der Waals surface area contributed by atoms with Crippen LogP contribution in [0.5, 0.6) is 0 Å². The molecule has 0 bridgehead atoms. The standard InChI is InChI=1S/C23H34N6/c1-24-22(25-16-13-21-28-27-20-12-6-3-9-17-29(20)21)26-18-23(14-7-8-15-23)19-10-4-2-5-11-19/h2,4-5,10-11H,3,6-9,12-18H2,1H3,(H2,24,25,26). The van der Waals surface area contributed by atoms with Gasteiger partial charge in [0.05, 0.1) is 0 Å². The lowest BCUT2D eigenvalue weighted by Crippen LogP contribution is -2.45. The van der Waals surface area contributed by atoms with E-state index in [0.717, 1.165) is 50.1 Å². The van der Waals surface area contributed by atoms with E-state index >= 15 is 0 Å². The number of hydrogen-bond donors (Lipinski definition) is 2. The van der Waals surface area contributed by atoms with Crippen molar-refractivity contribution >= 4 is 5.96 Å². The molecule has 6 nitrogen and oxygen atoms in total. The first-order valence-corrected chi connectivity index (χ1v) is 11.2. The van der Waals surface area contributed by atoms with E-state index in [1.165, 1.54) is 50.5 Å². The SMILES string of the molecule is CN=C(NCCc1nnc2n1CCCCC2)NCC1(c2ccccc2)CCCC1. The van der Waals surface area contributed by atoms with Crippen LogP contribution in [0.25, 0.3) is 0 Å². The van der Waals surface area contributed by atoms with Crippen LogP contribution in [0.15, 0.2) is 35.3 Å². The first-order valence-electron chi connectivity index (χ1n) is 11.2. The zero-order valence-electron chi connectivity index (χ0n) is 17.7. The average molecular weight is 395 g/mol. The summed E-state index contributed by atoms with van der Waals surface area (Å²) in [5.41, 5.74) is 1.68. The van der Waals surface area contributed by atoms with Gasteiger partial charge in [-0.05, 0) is 31.2 Å². The largest absolute Gasteiger partial charge is 0.356 e. The van der Waals surface area contributed by atoms with Crippen LogP contribution in [0, 0.1) is 0 Å². The summed E-state index contributed by atoms with van der Waals surface area (Å²) in [6.45, 7) is 2.80. The molecule has 2 N–H and O–H groups in total. The molecule has 1 saturated carbocycles. The predicted molar refractivity (Wildman–Crippen MR) is 117 cm³/mol. The summed E-state index contributed by atoms with van der Waals surface area (Å²) in [7, 11) is 1.85. The lowest BCUT2D eigenvalue weighted by atomic mass is 9.79. The van der Waals surface area contributed by atoms with Crippen LogP contribution in [0.4, 0.5) is 0 Å². The highest BCUT2D eigenvalue weighted by atomic mass is 15.3. The number of fused-ring (bicyclic) bond motifs is 1. The normalized spacial score (nSPS) is 18.9. The molecule has 1 fully saturated rings. The Morgan fingerprint density at radius 3 is 2.66 bits per heavy atom. The smallest absolute Gasteiger partial charge is 0.191 e. The van der Waals surface area contributed by atoms with Crippen molar-refractivity contribution in [1.82, 2.24) is 25.4 Å². The molecule has 2 aromatic rings. The Morgan fingerprint density at radius 1 is 1.03 bits per heavy atom. The maximum atomic E-state index is 4.45. The molecule has 1 aliphatic heterocycles. The Bertz CT molecular complexity index is 804. The minimum atomic E-state index is 0.225. The third-order valence-corrected chi connectivity index (χ3v) is 6.59. The van der Waals surface area contributed by atoms with Gasteiger partial charge in [0.2, 0.25) is 0 Å². The minimum Gasteiger partial charge on any atom is -0.356 e. The van der Waals surface area contributed by atoms with Gasteiger partial charge >= 0.3 is 0 Å². The number of nitrogens with zero attached hydrogens (tertiary/aromatic N) is 4. The molecule has 2 heterocycles. The van der Waals surface area contributed by atoms with E-state index in [9.17, 15) is 0 Å². The van der Waals surface area contributed by atoms with Crippen LogP contribution in [0.2, 0.25) is 0 Å². The predicted octanol–water partition coefficient (Wildman–Crippen LogP) is 3.22. The Kier molecular flexibility index (Phi) is 6.47. The lowest BCUT2D eigenvalue weighted by Gasteiger charge is -2.30. The maximum Gasteiger partial charge on any atom is 0.191 e. The Labute approximate surface area is 174 Å². The maximum absolute atomic E-state index is 4.45. The van der Waals surface area contributed by atoms with Crippen molar-refractivity contribution < 1.29 is 0 Å². The van der Waals surface area contributed by atoms with Crippen molar-refractivity contribution in [2.45, 2.75) is 69.7 Å². The molecular weight excluding hydrogens is 360 g/mol. The molecule has 156 valence electrons. The Hall–Kier alpha value is -2.37. The van der Waals surface area contributed by atoms with Gasteiger partial charge in [-0.1, -0.05) is 49.6 Å². The molecule has 0 spiro atoms. The van der Waals surface area contributed by atoms with Gasteiger partial charge in [-0.2, -0.15) is 0 Å². The van der Waals surface area contributed by atoms with Gasteiger partial charge in [0, 0.05) is 44.9 Å². The molecule has 0 saturated heterocycles. The number of benzene rings is 1. The topological polar surface area (TPSA) is 67.1 Å². The van der Waals surface area contributed by atoms with Gasteiger partial charge in [0.1, 0.15) is 11.6 Å². The number of rotatable bonds is 6. The average Bonchev–Trinajstić information content (AvgIpc) is 3.33. The molecule has 1 aromatic carbocycles. The number of aryl methyl sites for hydroxylation is 1. The summed E-state index contributed by atoms with van der Waals surface area (Å²) in [5.74, 6) is 3.13. The number of guanidine groups is 1. The van der Waals surface area contributed by atoms with E-state index in [2.05, 4.69) is 60.7 Å². The van der Waals surface area contributed by atoms with Crippen molar-refractivity contribution in [1.29, 1.82) is 0 Å². The van der Waals surface area contributed by atoms with Crippen LogP contribution in [-0.2, 0) is 24.8 Å². The fraction of sp³-hybridized carbons (Fsp3) is 0.609. The lowest BCUT2D eigenvalue weighted by molar-refractivity contribution is 0.431. The van der Waals surface area contributed by atoms with Crippen LogP contribution in [0.1, 0.15) is 62.2 Å². The van der Waals surface area contributed by atoms with E-state index in [1.807, 2.05) is 7.05 Å². The second-order valence-corrected chi connectivity index (χ2v) is 8.45. The van der Waals surface area contributed by atoms with Gasteiger partial charge in [-0.25, -0.2) is 0 Å². The Balaban J connectivity index is 1.32. The fourth-order valence-electron chi connectivity index (χ4n) is 4.91. The first kappa shape index (κ1) is 19.9. The van der Waals surface area contributed by atoms with Gasteiger partial charge in [-0.3, -0.25) is 4.99 Å². The van der Waals surface area contributed by atoms with Crippen molar-refractivity contribution in [3.05, 3.63) is 47.5 Å². The van der Waals surface area contributed by atoms with E-state index < -0.39 is 0 Å². The van der Waals surface area contributed by atoms with Crippen LogP contribution < -0.4 is 10.6 Å². The molecule has 6 heteroatoms. The molecule has 0 unspecified atom stereocenters. The third-order valence-electron chi connectivity index (χ3n) is 6.59. The number of aliphatic imine (C=N–C) groups is 1.